The molecule has 0 radical (unpaired) electrons. The first-order valence-electron chi connectivity index (χ1n) is 8.14. The standard InChI is InChI=1S/C18H22N4O/c1-4-18-10-13(11-19)15(23)17(2,3)14(18)6-9-22(12-18)16-20-7-5-8-21-16/h5,7-8,10,14H,4,6,9,12H2,1-3H3/t14-,18+/m1/s1. The van der Waals surface area contributed by atoms with Crippen LogP contribution in [0, 0.1) is 28.1 Å². The SMILES string of the molecule is CC[C@@]12C=C(C#N)C(=O)C(C)(C)[C@H]1CCN(c1ncccn1)C2. The molecule has 2 heterocycles. The van der Waals surface area contributed by atoms with Gasteiger partial charge in [0.1, 0.15) is 6.07 Å². The highest BCUT2D eigenvalue weighted by atomic mass is 16.1. The zero-order valence-corrected chi connectivity index (χ0v) is 13.9. The molecule has 5 nitrogen and oxygen atoms in total. The maximum Gasteiger partial charge on any atom is 0.225 e. The third-order valence-corrected chi connectivity index (χ3v) is 5.61. The Morgan fingerprint density at radius 1 is 1.39 bits per heavy atom. The normalized spacial score (nSPS) is 29.5. The summed E-state index contributed by atoms with van der Waals surface area (Å²) in [7, 11) is 0. The van der Waals surface area contributed by atoms with Crippen LogP contribution in [0.4, 0.5) is 5.95 Å². The molecule has 1 fully saturated rings. The first-order chi connectivity index (χ1) is 10.9. The van der Waals surface area contributed by atoms with Crippen molar-refractivity contribution in [1.29, 1.82) is 5.26 Å². The topological polar surface area (TPSA) is 69.9 Å². The van der Waals surface area contributed by atoms with Crippen molar-refractivity contribution in [3.05, 3.63) is 30.1 Å². The van der Waals surface area contributed by atoms with Gasteiger partial charge in [0.25, 0.3) is 0 Å². The van der Waals surface area contributed by atoms with E-state index in [2.05, 4.69) is 27.9 Å². The van der Waals surface area contributed by atoms with Crippen molar-refractivity contribution in [3.8, 4) is 6.07 Å². The number of aromatic nitrogens is 2. The van der Waals surface area contributed by atoms with Crippen molar-refractivity contribution < 1.29 is 4.79 Å². The van der Waals surface area contributed by atoms with Crippen LogP contribution in [0.25, 0.3) is 0 Å². The van der Waals surface area contributed by atoms with Crippen LogP contribution in [-0.4, -0.2) is 28.8 Å². The molecule has 0 amide bonds. The van der Waals surface area contributed by atoms with Crippen LogP contribution in [0.2, 0.25) is 0 Å². The van der Waals surface area contributed by atoms with Gasteiger partial charge in [-0.3, -0.25) is 4.79 Å². The van der Waals surface area contributed by atoms with Gasteiger partial charge in [-0.2, -0.15) is 5.26 Å². The lowest BCUT2D eigenvalue weighted by Gasteiger charge is -2.54. The van der Waals surface area contributed by atoms with Crippen LogP contribution in [0.5, 0.6) is 0 Å². The Hall–Kier alpha value is -2.22. The molecule has 1 saturated heterocycles. The van der Waals surface area contributed by atoms with Gasteiger partial charge in [-0.25, -0.2) is 9.97 Å². The van der Waals surface area contributed by atoms with Crippen LogP contribution in [0.1, 0.15) is 33.6 Å². The van der Waals surface area contributed by atoms with Crippen molar-refractivity contribution >= 4 is 11.7 Å². The van der Waals surface area contributed by atoms with E-state index in [1.807, 2.05) is 26.0 Å². The second-order valence-electron chi connectivity index (χ2n) is 7.12. The Kier molecular flexibility index (Phi) is 3.71. The van der Waals surface area contributed by atoms with Gasteiger partial charge in [0.15, 0.2) is 5.78 Å². The van der Waals surface area contributed by atoms with Crippen molar-refractivity contribution in [2.24, 2.45) is 16.7 Å². The fraction of sp³-hybridized carbons (Fsp3) is 0.556. The summed E-state index contributed by atoms with van der Waals surface area (Å²) in [5.41, 5.74) is -0.372. The van der Waals surface area contributed by atoms with E-state index in [1.165, 1.54) is 0 Å². The van der Waals surface area contributed by atoms with E-state index in [1.54, 1.807) is 12.4 Å². The largest absolute Gasteiger partial charge is 0.340 e. The third-order valence-electron chi connectivity index (χ3n) is 5.61. The number of nitrogens with zero attached hydrogens (tertiary/aromatic N) is 4. The summed E-state index contributed by atoms with van der Waals surface area (Å²) < 4.78 is 0. The fourth-order valence-electron chi connectivity index (χ4n) is 4.37. The number of carbonyl (C=O) groups is 1. The number of ketones is 1. The molecule has 1 aliphatic heterocycles. The van der Waals surface area contributed by atoms with Crippen LogP contribution >= 0.6 is 0 Å². The maximum absolute atomic E-state index is 12.6. The van der Waals surface area contributed by atoms with Gasteiger partial charge in [-0.1, -0.05) is 26.8 Å². The average molecular weight is 310 g/mol. The molecule has 0 unspecified atom stereocenters. The fourth-order valence-corrected chi connectivity index (χ4v) is 4.37. The molecule has 0 bridgehead atoms. The number of Topliss-reactive ketones (excluding diaryl/α,β-unsaturated/α-hetero) is 1. The summed E-state index contributed by atoms with van der Waals surface area (Å²) in [5, 5.41) is 9.40. The van der Waals surface area contributed by atoms with Gasteiger partial charge in [-0.05, 0) is 24.8 Å². The van der Waals surface area contributed by atoms with Crippen LogP contribution in [-0.2, 0) is 4.79 Å². The molecule has 0 saturated carbocycles. The molecule has 5 heteroatoms. The van der Waals surface area contributed by atoms with Crippen molar-refractivity contribution in [2.75, 3.05) is 18.0 Å². The number of rotatable bonds is 2. The van der Waals surface area contributed by atoms with Gasteiger partial charge in [0, 0.05) is 36.3 Å². The number of nitriles is 1. The molecule has 0 spiro atoms. The Labute approximate surface area is 137 Å². The molecule has 2 aliphatic rings. The molecule has 120 valence electrons. The quantitative estimate of drug-likeness (QED) is 0.840. The monoisotopic (exact) mass is 310 g/mol. The van der Waals surface area contributed by atoms with Gasteiger partial charge in [0.05, 0.1) is 5.57 Å². The Balaban J connectivity index is 2.04. The molecule has 1 aromatic rings. The van der Waals surface area contributed by atoms with Crippen molar-refractivity contribution in [1.82, 2.24) is 9.97 Å². The van der Waals surface area contributed by atoms with Crippen molar-refractivity contribution in [3.63, 3.8) is 0 Å². The van der Waals surface area contributed by atoms with E-state index >= 15 is 0 Å². The van der Waals surface area contributed by atoms with Gasteiger partial charge >= 0.3 is 0 Å². The van der Waals surface area contributed by atoms with E-state index in [-0.39, 0.29) is 17.1 Å². The summed E-state index contributed by atoms with van der Waals surface area (Å²) in [6.07, 6.45) is 7.22. The predicted octanol–water partition coefficient (Wildman–Crippen LogP) is 2.76. The molecule has 23 heavy (non-hydrogen) atoms. The second kappa shape index (κ2) is 5.45. The van der Waals surface area contributed by atoms with Gasteiger partial charge in [-0.15, -0.1) is 0 Å². The predicted molar refractivity (Wildman–Crippen MR) is 87.6 cm³/mol. The van der Waals surface area contributed by atoms with E-state index < -0.39 is 5.41 Å². The molecular weight excluding hydrogens is 288 g/mol. The number of allylic oxidation sites excluding steroid dienone is 1. The average Bonchev–Trinajstić information content (AvgIpc) is 2.58. The minimum atomic E-state index is -0.501. The van der Waals surface area contributed by atoms with Gasteiger partial charge in [0.2, 0.25) is 5.95 Å². The molecule has 1 aromatic heterocycles. The molecule has 0 N–H and O–H groups in total. The number of fused-ring (bicyclic) bond motifs is 1. The Morgan fingerprint density at radius 3 is 2.70 bits per heavy atom. The highest BCUT2D eigenvalue weighted by Gasteiger charge is 2.54. The smallest absolute Gasteiger partial charge is 0.225 e. The zero-order chi connectivity index (χ0) is 16.7. The summed E-state index contributed by atoms with van der Waals surface area (Å²) in [4.78, 5) is 23.5. The highest BCUT2D eigenvalue weighted by Crippen LogP contribution is 2.53. The van der Waals surface area contributed by atoms with E-state index in [4.69, 9.17) is 0 Å². The van der Waals surface area contributed by atoms with E-state index in [9.17, 15) is 10.1 Å². The lowest BCUT2D eigenvalue weighted by atomic mass is 9.53. The molecule has 2 atom stereocenters. The lowest BCUT2D eigenvalue weighted by Crippen LogP contribution is -2.57. The first-order valence-corrected chi connectivity index (χ1v) is 8.14. The van der Waals surface area contributed by atoms with Crippen LogP contribution in [0.3, 0.4) is 0 Å². The zero-order valence-electron chi connectivity index (χ0n) is 13.9. The third kappa shape index (κ3) is 2.33. The second-order valence-corrected chi connectivity index (χ2v) is 7.12. The molecule has 1 aliphatic carbocycles. The molecular formula is C18H22N4O. The minimum absolute atomic E-state index is 0.0153. The summed E-state index contributed by atoms with van der Waals surface area (Å²) in [6, 6.07) is 3.93. The van der Waals surface area contributed by atoms with Crippen LogP contribution < -0.4 is 4.90 Å². The van der Waals surface area contributed by atoms with Crippen LogP contribution in [0.15, 0.2) is 30.1 Å². The number of hydrogen-bond acceptors (Lipinski definition) is 5. The molecule has 3 rings (SSSR count). The minimum Gasteiger partial charge on any atom is -0.340 e. The summed E-state index contributed by atoms with van der Waals surface area (Å²) in [6.45, 7) is 7.70. The van der Waals surface area contributed by atoms with Gasteiger partial charge < -0.3 is 4.90 Å². The number of carbonyl (C=O) groups excluding carboxylic acids is 1. The Morgan fingerprint density at radius 2 is 2.09 bits per heavy atom. The molecule has 0 aromatic carbocycles. The number of hydrogen-bond donors (Lipinski definition) is 0. The number of piperidine rings is 1. The van der Waals surface area contributed by atoms with Crippen molar-refractivity contribution in [2.45, 2.75) is 33.6 Å². The summed E-state index contributed by atoms with van der Waals surface area (Å²) >= 11 is 0. The first kappa shape index (κ1) is 15.7. The maximum atomic E-state index is 12.6. The van der Waals surface area contributed by atoms with E-state index in [0.29, 0.717) is 5.57 Å². The van der Waals surface area contributed by atoms with E-state index in [0.717, 1.165) is 31.9 Å². The summed E-state index contributed by atoms with van der Waals surface area (Å²) in [5.74, 6) is 0.948. The highest BCUT2D eigenvalue weighted by molar-refractivity contribution is 6.04. The Bertz CT molecular complexity index is 689. The number of anilines is 1. The lowest BCUT2D eigenvalue weighted by molar-refractivity contribution is -0.130.